The van der Waals surface area contributed by atoms with E-state index in [0.29, 0.717) is 23.5 Å². The van der Waals surface area contributed by atoms with Gasteiger partial charge in [-0.05, 0) is 33.8 Å². The number of aromatic nitrogens is 5. The SMILES string of the molecule is CCSc1nnc(-c2nn(C)c3c2CN(C(=O)c2ccc(Br)o2)CC3)n1C. The van der Waals surface area contributed by atoms with Crippen LogP contribution in [0, 0.1) is 0 Å². The average molecular weight is 451 g/mol. The number of furan rings is 1. The van der Waals surface area contributed by atoms with E-state index in [0.717, 1.165) is 40.1 Å². The second-order valence-corrected chi connectivity index (χ2v) is 8.29. The van der Waals surface area contributed by atoms with Gasteiger partial charge in [0.1, 0.15) is 5.69 Å². The van der Waals surface area contributed by atoms with Gasteiger partial charge in [0.15, 0.2) is 21.4 Å². The third kappa shape index (κ3) is 3.20. The van der Waals surface area contributed by atoms with Crippen LogP contribution < -0.4 is 0 Å². The van der Waals surface area contributed by atoms with Crippen LogP contribution in [-0.2, 0) is 27.1 Å². The molecule has 0 fully saturated rings. The van der Waals surface area contributed by atoms with E-state index in [1.165, 1.54) is 0 Å². The van der Waals surface area contributed by atoms with Crippen molar-refractivity contribution in [3.05, 3.63) is 33.8 Å². The first-order valence-electron chi connectivity index (χ1n) is 8.61. The Bertz CT molecular complexity index is 1010. The number of aryl methyl sites for hydroxylation is 1. The van der Waals surface area contributed by atoms with Gasteiger partial charge in [-0.1, -0.05) is 18.7 Å². The molecule has 0 radical (unpaired) electrons. The maximum Gasteiger partial charge on any atom is 0.289 e. The third-order valence-corrected chi connectivity index (χ3v) is 5.96. The molecule has 0 bridgehead atoms. The molecule has 0 aliphatic carbocycles. The van der Waals surface area contributed by atoms with Crippen molar-refractivity contribution in [2.75, 3.05) is 12.3 Å². The molecule has 4 rings (SSSR count). The fraction of sp³-hybridized carbons (Fsp3) is 0.412. The smallest absolute Gasteiger partial charge is 0.289 e. The van der Waals surface area contributed by atoms with Gasteiger partial charge in [0.2, 0.25) is 0 Å². The normalized spacial score (nSPS) is 13.9. The molecule has 10 heteroatoms. The Morgan fingerprint density at radius 1 is 1.33 bits per heavy atom. The van der Waals surface area contributed by atoms with Crippen LogP contribution in [0.1, 0.15) is 28.7 Å². The molecule has 142 valence electrons. The largest absolute Gasteiger partial charge is 0.444 e. The minimum absolute atomic E-state index is 0.124. The molecule has 3 aromatic rings. The lowest BCUT2D eigenvalue weighted by atomic mass is 10.0. The first-order chi connectivity index (χ1) is 13.0. The molecule has 0 unspecified atom stereocenters. The van der Waals surface area contributed by atoms with Gasteiger partial charge in [-0.25, -0.2) is 0 Å². The number of thioether (sulfide) groups is 1. The molecular formula is C17H19BrN6O2S. The van der Waals surface area contributed by atoms with E-state index < -0.39 is 0 Å². The van der Waals surface area contributed by atoms with Gasteiger partial charge >= 0.3 is 0 Å². The fourth-order valence-corrected chi connectivity index (χ4v) is 4.25. The van der Waals surface area contributed by atoms with Crippen molar-refractivity contribution >= 4 is 33.6 Å². The molecule has 0 N–H and O–H groups in total. The Hall–Kier alpha value is -2.07. The monoisotopic (exact) mass is 450 g/mol. The Kier molecular flexibility index (Phi) is 4.85. The summed E-state index contributed by atoms with van der Waals surface area (Å²) in [7, 11) is 3.88. The second-order valence-electron chi connectivity index (χ2n) is 6.28. The zero-order valence-electron chi connectivity index (χ0n) is 15.3. The first kappa shape index (κ1) is 18.3. The van der Waals surface area contributed by atoms with Crippen molar-refractivity contribution in [2.24, 2.45) is 14.1 Å². The number of halogens is 1. The summed E-state index contributed by atoms with van der Waals surface area (Å²) in [6.45, 7) is 3.18. The summed E-state index contributed by atoms with van der Waals surface area (Å²) in [5, 5.41) is 14.2. The molecule has 3 aromatic heterocycles. The molecule has 8 nitrogen and oxygen atoms in total. The van der Waals surface area contributed by atoms with Crippen molar-refractivity contribution < 1.29 is 9.21 Å². The van der Waals surface area contributed by atoms with E-state index in [1.54, 1.807) is 28.8 Å². The van der Waals surface area contributed by atoms with Crippen LogP contribution in [0.2, 0.25) is 0 Å². The summed E-state index contributed by atoms with van der Waals surface area (Å²) in [5.74, 6) is 1.85. The lowest BCUT2D eigenvalue weighted by molar-refractivity contribution is 0.0700. The Labute approximate surface area is 169 Å². The maximum absolute atomic E-state index is 12.8. The van der Waals surface area contributed by atoms with Crippen LogP contribution in [0.4, 0.5) is 0 Å². The maximum atomic E-state index is 12.8. The van der Waals surface area contributed by atoms with E-state index in [9.17, 15) is 4.79 Å². The number of amides is 1. The number of rotatable bonds is 4. The summed E-state index contributed by atoms with van der Waals surface area (Å²) in [4.78, 5) is 14.6. The third-order valence-electron chi connectivity index (χ3n) is 4.63. The highest BCUT2D eigenvalue weighted by Crippen LogP contribution is 2.31. The van der Waals surface area contributed by atoms with Crippen molar-refractivity contribution in [3.63, 3.8) is 0 Å². The molecular weight excluding hydrogens is 432 g/mol. The lowest BCUT2D eigenvalue weighted by Gasteiger charge is -2.26. The van der Waals surface area contributed by atoms with E-state index in [4.69, 9.17) is 4.42 Å². The van der Waals surface area contributed by atoms with Gasteiger partial charge in [-0.3, -0.25) is 9.48 Å². The second kappa shape index (κ2) is 7.16. The molecule has 1 aliphatic heterocycles. The summed E-state index contributed by atoms with van der Waals surface area (Å²) < 4.78 is 9.82. The molecule has 0 saturated carbocycles. The van der Waals surface area contributed by atoms with Gasteiger partial charge < -0.3 is 13.9 Å². The number of fused-ring (bicyclic) bond motifs is 1. The Morgan fingerprint density at radius 3 is 2.85 bits per heavy atom. The topological polar surface area (TPSA) is 82.0 Å². The molecule has 0 aromatic carbocycles. The number of nitrogens with zero attached hydrogens (tertiary/aromatic N) is 6. The van der Waals surface area contributed by atoms with Crippen LogP contribution in [0.25, 0.3) is 11.5 Å². The molecule has 1 aliphatic rings. The van der Waals surface area contributed by atoms with Crippen LogP contribution in [0.15, 0.2) is 26.4 Å². The van der Waals surface area contributed by atoms with Gasteiger partial charge in [0.05, 0.1) is 6.54 Å². The van der Waals surface area contributed by atoms with Gasteiger partial charge in [-0.15, -0.1) is 10.2 Å². The predicted molar refractivity (Wildman–Crippen MR) is 104 cm³/mol. The summed E-state index contributed by atoms with van der Waals surface area (Å²) in [5.41, 5.74) is 2.93. The van der Waals surface area contributed by atoms with Crippen molar-refractivity contribution in [2.45, 2.75) is 25.0 Å². The first-order valence-corrected chi connectivity index (χ1v) is 10.4. The highest BCUT2D eigenvalue weighted by molar-refractivity contribution is 9.10. The minimum Gasteiger partial charge on any atom is -0.444 e. The van der Waals surface area contributed by atoms with Gasteiger partial charge in [0, 0.05) is 38.3 Å². The Balaban J connectivity index is 1.68. The number of carbonyl (C=O) groups is 1. The predicted octanol–water partition coefficient (Wildman–Crippen LogP) is 2.88. The average Bonchev–Trinajstić information content (AvgIpc) is 3.33. The quantitative estimate of drug-likeness (QED) is 0.568. The molecule has 27 heavy (non-hydrogen) atoms. The fourth-order valence-electron chi connectivity index (χ4n) is 3.31. The van der Waals surface area contributed by atoms with Crippen molar-refractivity contribution in [1.29, 1.82) is 0 Å². The van der Waals surface area contributed by atoms with Crippen LogP contribution in [-0.4, -0.2) is 47.6 Å². The summed E-state index contributed by atoms with van der Waals surface area (Å²) in [6.07, 6.45) is 0.737. The molecule has 1 amide bonds. The minimum atomic E-state index is -0.124. The van der Waals surface area contributed by atoms with Crippen LogP contribution in [0.5, 0.6) is 0 Å². The molecule has 0 saturated heterocycles. The van der Waals surface area contributed by atoms with Crippen LogP contribution >= 0.6 is 27.7 Å². The zero-order valence-corrected chi connectivity index (χ0v) is 17.7. The van der Waals surface area contributed by atoms with Gasteiger partial charge in [-0.2, -0.15) is 5.10 Å². The summed E-state index contributed by atoms with van der Waals surface area (Å²) >= 11 is 4.89. The van der Waals surface area contributed by atoms with Crippen molar-refractivity contribution in [1.82, 2.24) is 29.4 Å². The standard InChI is InChI=1S/C17H19BrN6O2S/c1-4-27-17-20-19-15(22(17)2)14-10-9-24(8-7-11(10)23(3)21-14)16(25)12-5-6-13(18)26-12/h5-6H,4,7-9H2,1-3H3. The van der Waals surface area contributed by atoms with E-state index >= 15 is 0 Å². The molecule has 4 heterocycles. The highest BCUT2D eigenvalue weighted by Gasteiger charge is 2.30. The van der Waals surface area contributed by atoms with E-state index in [2.05, 4.69) is 38.1 Å². The number of carbonyl (C=O) groups excluding carboxylic acids is 1. The number of hydrogen-bond donors (Lipinski definition) is 0. The zero-order chi connectivity index (χ0) is 19.1. The summed E-state index contributed by atoms with van der Waals surface area (Å²) in [6, 6.07) is 3.41. The lowest BCUT2D eigenvalue weighted by Crippen LogP contribution is -2.36. The molecule has 0 atom stereocenters. The van der Waals surface area contributed by atoms with E-state index in [-0.39, 0.29) is 5.91 Å². The molecule has 0 spiro atoms. The van der Waals surface area contributed by atoms with Crippen LogP contribution in [0.3, 0.4) is 0 Å². The Morgan fingerprint density at radius 2 is 2.15 bits per heavy atom. The highest BCUT2D eigenvalue weighted by atomic mass is 79.9. The number of hydrogen-bond acceptors (Lipinski definition) is 6. The van der Waals surface area contributed by atoms with Crippen molar-refractivity contribution in [3.8, 4) is 11.5 Å². The van der Waals surface area contributed by atoms with Gasteiger partial charge in [0.25, 0.3) is 5.91 Å². The van der Waals surface area contributed by atoms with E-state index in [1.807, 2.05) is 23.3 Å².